The van der Waals surface area contributed by atoms with Crippen molar-refractivity contribution in [3.8, 4) is 5.75 Å². The second-order valence-corrected chi connectivity index (χ2v) is 15.3. The second kappa shape index (κ2) is 14.8. The minimum Gasteiger partial charge on any atom is -0.480 e. The Morgan fingerprint density at radius 2 is 1.98 bits per heavy atom. The van der Waals surface area contributed by atoms with Crippen LogP contribution in [0.5, 0.6) is 5.75 Å². The van der Waals surface area contributed by atoms with Gasteiger partial charge in [0.2, 0.25) is 0 Å². The van der Waals surface area contributed by atoms with Crippen LogP contribution in [0, 0.1) is 10.8 Å². The molecule has 1 aromatic heterocycles. The molecule has 2 atom stereocenters. The number of fused-ring (bicyclic) bond motifs is 1. The van der Waals surface area contributed by atoms with Gasteiger partial charge in [-0.05, 0) is 42.2 Å². The SMILES string of the molecule is CCC(C)(CSSCCCOC(=O)Oc1ccc2nc(C3=NC(C(=O)O)CS3)sc2c1)CC(C)(C)CC(=O)OC. The normalized spacial score (nSPS) is 16.8. The van der Waals surface area contributed by atoms with Crippen LogP contribution in [0.25, 0.3) is 10.2 Å². The maximum absolute atomic E-state index is 12.2. The van der Waals surface area contributed by atoms with Gasteiger partial charge in [0, 0.05) is 23.3 Å². The number of thioether (sulfide) groups is 1. The highest BCUT2D eigenvalue weighted by atomic mass is 33.1. The van der Waals surface area contributed by atoms with Crippen LogP contribution < -0.4 is 4.74 Å². The van der Waals surface area contributed by atoms with Gasteiger partial charge in [-0.15, -0.1) is 23.1 Å². The summed E-state index contributed by atoms with van der Waals surface area (Å²) in [7, 11) is 4.99. The molecule has 220 valence electrons. The molecule has 9 nitrogen and oxygen atoms in total. The summed E-state index contributed by atoms with van der Waals surface area (Å²) in [6.07, 6.45) is 2.31. The number of esters is 1. The number of carbonyl (C=O) groups is 3. The van der Waals surface area contributed by atoms with E-state index >= 15 is 0 Å². The van der Waals surface area contributed by atoms with E-state index in [0.29, 0.717) is 34.4 Å². The number of aliphatic carboxylic acids is 1. The topological polar surface area (TPSA) is 124 Å². The molecule has 0 bridgehead atoms. The van der Waals surface area contributed by atoms with Crippen LogP contribution in [0.1, 0.15) is 58.4 Å². The van der Waals surface area contributed by atoms with Crippen LogP contribution >= 0.6 is 44.7 Å². The number of methoxy groups -OCH3 is 1. The van der Waals surface area contributed by atoms with Gasteiger partial charge < -0.3 is 19.3 Å². The van der Waals surface area contributed by atoms with E-state index in [-0.39, 0.29) is 23.4 Å². The lowest BCUT2D eigenvalue weighted by Gasteiger charge is -2.36. The lowest BCUT2D eigenvalue weighted by molar-refractivity contribution is -0.143. The van der Waals surface area contributed by atoms with E-state index in [2.05, 4.69) is 37.7 Å². The summed E-state index contributed by atoms with van der Waals surface area (Å²) in [6.45, 7) is 8.94. The average molecular weight is 629 g/mol. The Kier molecular flexibility index (Phi) is 12.0. The Hall–Kier alpha value is -1.96. The zero-order valence-electron chi connectivity index (χ0n) is 23.4. The summed E-state index contributed by atoms with van der Waals surface area (Å²) in [5.41, 5.74) is 0.711. The van der Waals surface area contributed by atoms with Crippen molar-refractivity contribution in [1.82, 2.24) is 4.98 Å². The third-order valence-corrected chi connectivity index (χ3v) is 11.4. The number of nitrogens with zero attached hydrogens (tertiary/aromatic N) is 2. The Labute approximate surface area is 251 Å². The van der Waals surface area contributed by atoms with Crippen molar-refractivity contribution in [3.63, 3.8) is 0 Å². The fourth-order valence-electron chi connectivity index (χ4n) is 4.28. The van der Waals surface area contributed by atoms with E-state index in [4.69, 9.17) is 19.3 Å². The number of benzene rings is 1. The third kappa shape index (κ3) is 9.85. The number of carbonyl (C=O) groups excluding carboxylic acids is 2. The number of rotatable bonds is 15. The second-order valence-electron chi connectivity index (χ2n) is 10.6. The fourth-order valence-corrected chi connectivity index (χ4v) is 9.21. The van der Waals surface area contributed by atoms with E-state index in [0.717, 1.165) is 34.6 Å². The number of hydrogen-bond donors (Lipinski definition) is 1. The van der Waals surface area contributed by atoms with Crippen molar-refractivity contribution in [2.24, 2.45) is 15.8 Å². The predicted octanol–water partition coefficient (Wildman–Crippen LogP) is 6.93. The van der Waals surface area contributed by atoms with Gasteiger partial charge in [-0.2, -0.15) is 0 Å². The molecule has 0 spiro atoms. The van der Waals surface area contributed by atoms with Crippen molar-refractivity contribution in [2.45, 2.75) is 59.4 Å². The summed E-state index contributed by atoms with van der Waals surface area (Å²) in [5.74, 6) is 1.44. The van der Waals surface area contributed by atoms with Crippen LogP contribution in [-0.2, 0) is 19.1 Å². The highest BCUT2D eigenvalue weighted by Gasteiger charge is 2.33. The van der Waals surface area contributed by atoms with Crippen LogP contribution in [0.4, 0.5) is 4.79 Å². The molecule has 2 aromatic rings. The van der Waals surface area contributed by atoms with E-state index in [1.807, 2.05) is 10.8 Å². The van der Waals surface area contributed by atoms with Crippen LogP contribution in [-0.4, -0.2) is 70.2 Å². The predicted molar refractivity (Wildman–Crippen MR) is 165 cm³/mol. The zero-order chi connectivity index (χ0) is 29.3. The maximum atomic E-state index is 12.2. The minimum atomic E-state index is -0.942. The molecule has 13 heteroatoms. The molecule has 40 heavy (non-hydrogen) atoms. The number of carboxylic acids is 1. The molecule has 2 heterocycles. The van der Waals surface area contributed by atoms with E-state index in [1.54, 1.807) is 29.0 Å². The van der Waals surface area contributed by atoms with Gasteiger partial charge in [-0.1, -0.05) is 49.3 Å². The molecule has 0 amide bonds. The summed E-state index contributed by atoms with van der Waals surface area (Å²) < 4.78 is 16.2. The van der Waals surface area contributed by atoms with Crippen molar-refractivity contribution in [2.75, 3.05) is 31.0 Å². The first-order valence-electron chi connectivity index (χ1n) is 12.9. The van der Waals surface area contributed by atoms with Crippen LogP contribution in [0.3, 0.4) is 0 Å². The number of aromatic nitrogens is 1. The highest BCUT2D eigenvalue weighted by Crippen LogP contribution is 2.43. The van der Waals surface area contributed by atoms with Crippen molar-refractivity contribution >= 4 is 78.0 Å². The summed E-state index contributed by atoms with van der Waals surface area (Å²) in [4.78, 5) is 43.8. The third-order valence-electron chi connectivity index (χ3n) is 6.37. The van der Waals surface area contributed by atoms with Gasteiger partial charge >= 0.3 is 18.1 Å². The van der Waals surface area contributed by atoms with Crippen LogP contribution in [0.2, 0.25) is 0 Å². The summed E-state index contributed by atoms with van der Waals surface area (Å²) >= 11 is 2.75. The molecular weight excluding hydrogens is 593 g/mol. The first kappa shape index (κ1) is 32.6. The smallest absolute Gasteiger partial charge is 0.480 e. The van der Waals surface area contributed by atoms with Crippen molar-refractivity contribution in [3.05, 3.63) is 23.2 Å². The van der Waals surface area contributed by atoms with Gasteiger partial charge in [0.25, 0.3) is 0 Å². The molecule has 3 rings (SSSR count). The first-order chi connectivity index (χ1) is 18.9. The Morgan fingerprint density at radius 1 is 1.20 bits per heavy atom. The Balaban J connectivity index is 1.37. The lowest BCUT2D eigenvalue weighted by atomic mass is 9.72. The first-order valence-corrected chi connectivity index (χ1v) is 17.2. The molecule has 1 N–H and O–H groups in total. The van der Waals surface area contributed by atoms with Gasteiger partial charge in [0.15, 0.2) is 6.04 Å². The van der Waals surface area contributed by atoms with E-state index in [9.17, 15) is 14.4 Å². The molecule has 1 aliphatic heterocycles. The maximum Gasteiger partial charge on any atom is 0.513 e. The van der Waals surface area contributed by atoms with Gasteiger partial charge in [0.1, 0.15) is 15.8 Å². The summed E-state index contributed by atoms with van der Waals surface area (Å²) in [6, 6.07) is 4.38. The number of carboxylic acid groups (broad SMARTS) is 1. The van der Waals surface area contributed by atoms with E-state index in [1.165, 1.54) is 30.2 Å². The lowest BCUT2D eigenvalue weighted by Crippen LogP contribution is -2.29. The molecule has 0 saturated heterocycles. The molecule has 2 unspecified atom stereocenters. The van der Waals surface area contributed by atoms with Crippen molar-refractivity contribution < 1.29 is 33.7 Å². The largest absolute Gasteiger partial charge is 0.513 e. The standard InChI is InChI=1S/C27H36N2O7S4/c1-6-27(4,15-26(2,3)13-21(30)34-5)16-39-38-11-7-10-35-25(33)36-17-8-9-18-20(12-17)40-23(28-18)22-29-19(14-37-22)24(31)32/h8-9,12,19H,6-7,10-11,13-16H2,1-5H3,(H,31,32). The van der Waals surface area contributed by atoms with E-state index < -0.39 is 18.2 Å². The van der Waals surface area contributed by atoms with Gasteiger partial charge in [-0.3, -0.25) is 9.79 Å². The fraction of sp³-hybridized carbons (Fsp3) is 0.593. The minimum absolute atomic E-state index is 0.111. The molecular formula is C27H36N2O7S4. The molecule has 0 fully saturated rings. The number of thiazole rings is 1. The number of hydrogen-bond acceptors (Lipinski definition) is 12. The monoisotopic (exact) mass is 628 g/mol. The molecule has 0 aliphatic carbocycles. The summed E-state index contributed by atoms with van der Waals surface area (Å²) in [5, 5.41) is 10.4. The highest BCUT2D eigenvalue weighted by molar-refractivity contribution is 8.76. The molecule has 1 aliphatic rings. The van der Waals surface area contributed by atoms with Gasteiger partial charge in [-0.25, -0.2) is 14.6 Å². The molecule has 1 aromatic carbocycles. The molecule has 0 saturated carbocycles. The zero-order valence-corrected chi connectivity index (χ0v) is 26.7. The van der Waals surface area contributed by atoms with Gasteiger partial charge in [0.05, 0.1) is 30.4 Å². The van der Waals surface area contributed by atoms with Crippen molar-refractivity contribution in [1.29, 1.82) is 0 Å². The quantitative estimate of drug-likeness (QED) is 0.0956. The molecule has 0 radical (unpaired) electrons. The number of ether oxygens (including phenoxy) is 3. The number of aliphatic imine (C=N–C) groups is 1. The van der Waals surface area contributed by atoms with Crippen LogP contribution in [0.15, 0.2) is 23.2 Å². The average Bonchev–Trinajstić information content (AvgIpc) is 3.55. The Morgan fingerprint density at radius 3 is 2.65 bits per heavy atom. The Bertz CT molecular complexity index is 1230.